The van der Waals surface area contributed by atoms with Crippen molar-refractivity contribution in [3.05, 3.63) is 35.4 Å². The third kappa shape index (κ3) is 6.05. The second kappa shape index (κ2) is 10.6. The molecule has 1 aromatic rings. The molecule has 0 aromatic heterocycles. The van der Waals surface area contributed by atoms with Gasteiger partial charge in [0.25, 0.3) is 5.91 Å². The smallest absolute Gasteiger partial charge is 0.328 e. The molecule has 2 rings (SSSR count). The van der Waals surface area contributed by atoms with E-state index in [2.05, 4.69) is 10.6 Å². The van der Waals surface area contributed by atoms with Gasteiger partial charge in [0, 0.05) is 17.5 Å². The molecule has 1 aromatic carbocycles. The second-order valence-corrected chi connectivity index (χ2v) is 7.61. The summed E-state index contributed by atoms with van der Waals surface area (Å²) in [7, 11) is 1.32. The first-order valence-electron chi connectivity index (χ1n) is 10.1. The van der Waals surface area contributed by atoms with Gasteiger partial charge in [0.1, 0.15) is 6.04 Å². The molecule has 0 spiro atoms. The van der Waals surface area contributed by atoms with Gasteiger partial charge >= 0.3 is 5.97 Å². The molecular formula is C22H29N3O4. The van der Waals surface area contributed by atoms with E-state index in [1.807, 2.05) is 19.9 Å². The molecule has 2 atom stereocenters. The molecular weight excluding hydrogens is 370 g/mol. The highest BCUT2D eigenvalue weighted by atomic mass is 16.5. The van der Waals surface area contributed by atoms with Crippen LogP contribution in [0.1, 0.15) is 61.9 Å². The molecule has 1 fully saturated rings. The van der Waals surface area contributed by atoms with Gasteiger partial charge in [0.15, 0.2) is 0 Å². The summed E-state index contributed by atoms with van der Waals surface area (Å²) in [4.78, 5) is 37.0. The van der Waals surface area contributed by atoms with Crippen LogP contribution in [0.2, 0.25) is 0 Å². The predicted octanol–water partition coefficient (Wildman–Crippen LogP) is 2.55. The summed E-state index contributed by atoms with van der Waals surface area (Å²) in [5, 5.41) is 14.8. The lowest BCUT2D eigenvalue weighted by Gasteiger charge is -2.30. The standard InChI is InChI=1S/C22H29N3O4/c1-4-14(2)19(22(28)29-3)25-20(26)16-8-10-18(11-9-16)24-21(27)17-7-5-6-15(12-17)13-23/h5-7,12,14,16,18-19H,4,8-11H2,1-3H3,(H,24,27)(H,25,26)/t14-,16?,18?,19-/m0/s1. The lowest BCUT2D eigenvalue weighted by molar-refractivity contribution is -0.147. The maximum Gasteiger partial charge on any atom is 0.328 e. The zero-order valence-corrected chi connectivity index (χ0v) is 17.2. The van der Waals surface area contributed by atoms with Gasteiger partial charge in [-0.15, -0.1) is 0 Å². The maximum absolute atomic E-state index is 12.6. The summed E-state index contributed by atoms with van der Waals surface area (Å²) in [5.74, 6) is -0.953. The Balaban J connectivity index is 1.87. The Labute approximate surface area is 171 Å². The van der Waals surface area contributed by atoms with Crippen molar-refractivity contribution in [1.82, 2.24) is 10.6 Å². The summed E-state index contributed by atoms with van der Waals surface area (Å²) in [6, 6.07) is 7.96. The minimum absolute atomic E-state index is 0.00815. The van der Waals surface area contributed by atoms with Crippen molar-refractivity contribution in [2.45, 2.75) is 58.0 Å². The fraction of sp³-hybridized carbons (Fsp3) is 0.545. The molecule has 1 saturated carbocycles. The average molecular weight is 399 g/mol. The fourth-order valence-corrected chi connectivity index (χ4v) is 3.57. The van der Waals surface area contributed by atoms with Gasteiger partial charge in [-0.25, -0.2) is 4.79 Å². The first-order chi connectivity index (χ1) is 13.9. The number of hydrogen-bond acceptors (Lipinski definition) is 5. The van der Waals surface area contributed by atoms with Crippen molar-refractivity contribution in [2.75, 3.05) is 7.11 Å². The van der Waals surface area contributed by atoms with Crippen molar-refractivity contribution < 1.29 is 19.1 Å². The Morgan fingerprint density at radius 2 is 1.93 bits per heavy atom. The van der Waals surface area contributed by atoms with E-state index in [0.29, 0.717) is 36.8 Å². The highest BCUT2D eigenvalue weighted by Crippen LogP contribution is 2.25. The Morgan fingerprint density at radius 3 is 2.52 bits per heavy atom. The normalized spacial score (nSPS) is 20.6. The van der Waals surface area contributed by atoms with E-state index >= 15 is 0 Å². The van der Waals surface area contributed by atoms with Crippen LogP contribution < -0.4 is 10.6 Å². The molecule has 0 heterocycles. The lowest BCUT2D eigenvalue weighted by Crippen LogP contribution is -2.49. The van der Waals surface area contributed by atoms with Crippen LogP contribution in [0.3, 0.4) is 0 Å². The van der Waals surface area contributed by atoms with Crippen molar-refractivity contribution in [3.63, 3.8) is 0 Å². The number of nitrogens with one attached hydrogen (secondary N) is 2. The van der Waals surface area contributed by atoms with Crippen LogP contribution in [0.25, 0.3) is 0 Å². The summed E-state index contributed by atoms with van der Waals surface area (Å²) in [6.07, 6.45) is 3.42. The molecule has 0 radical (unpaired) electrons. The third-order valence-corrected chi connectivity index (χ3v) is 5.65. The van der Waals surface area contributed by atoms with Gasteiger partial charge in [-0.2, -0.15) is 5.26 Å². The maximum atomic E-state index is 12.6. The van der Waals surface area contributed by atoms with Gasteiger partial charge in [-0.05, 0) is 49.8 Å². The van der Waals surface area contributed by atoms with Crippen LogP contribution in [-0.2, 0) is 14.3 Å². The van der Waals surface area contributed by atoms with Gasteiger partial charge in [-0.1, -0.05) is 26.3 Å². The predicted molar refractivity (Wildman–Crippen MR) is 108 cm³/mol. The first kappa shape index (κ1) is 22.4. The Hall–Kier alpha value is -2.88. The summed E-state index contributed by atoms with van der Waals surface area (Å²) < 4.78 is 4.82. The van der Waals surface area contributed by atoms with Gasteiger partial charge in [0.2, 0.25) is 5.91 Å². The van der Waals surface area contributed by atoms with E-state index in [9.17, 15) is 14.4 Å². The highest BCUT2D eigenvalue weighted by molar-refractivity contribution is 5.94. The molecule has 29 heavy (non-hydrogen) atoms. The van der Waals surface area contributed by atoms with Crippen molar-refractivity contribution in [2.24, 2.45) is 11.8 Å². The number of benzene rings is 1. The van der Waals surface area contributed by atoms with Gasteiger partial charge < -0.3 is 15.4 Å². The molecule has 2 amide bonds. The summed E-state index contributed by atoms with van der Waals surface area (Å²) in [6.45, 7) is 3.88. The average Bonchev–Trinajstić information content (AvgIpc) is 2.76. The van der Waals surface area contributed by atoms with Crippen LogP contribution in [0.5, 0.6) is 0 Å². The molecule has 7 nitrogen and oxygen atoms in total. The molecule has 0 unspecified atom stereocenters. The number of nitriles is 1. The SMILES string of the molecule is CC[C@H](C)[C@H](NC(=O)C1CCC(NC(=O)c2cccc(C#N)c2)CC1)C(=O)OC. The van der Waals surface area contributed by atoms with Crippen molar-refractivity contribution in [1.29, 1.82) is 5.26 Å². The minimum Gasteiger partial charge on any atom is -0.467 e. The first-order valence-corrected chi connectivity index (χ1v) is 10.1. The summed E-state index contributed by atoms with van der Waals surface area (Å²) in [5.41, 5.74) is 0.901. The molecule has 0 saturated heterocycles. The van der Waals surface area contributed by atoms with E-state index in [-0.39, 0.29) is 29.7 Å². The largest absolute Gasteiger partial charge is 0.467 e. The van der Waals surface area contributed by atoms with Crippen LogP contribution in [0, 0.1) is 23.2 Å². The number of methoxy groups -OCH3 is 1. The number of carbonyl (C=O) groups excluding carboxylic acids is 3. The topological polar surface area (TPSA) is 108 Å². The monoisotopic (exact) mass is 399 g/mol. The highest BCUT2D eigenvalue weighted by Gasteiger charge is 2.32. The van der Waals surface area contributed by atoms with Gasteiger partial charge in [0.05, 0.1) is 18.7 Å². The van der Waals surface area contributed by atoms with E-state index in [1.54, 1.807) is 24.3 Å². The molecule has 1 aliphatic carbocycles. The van der Waals surface area contributed by atoms with Crippen LogP contribution in [0.15, 0.2) is 24.3 Å². The number of hydrogen-bond donors (Lipinski definition) is 2. The van der Waals surface area contributed by atoms with Gasteiger partial charge in [-0.3, -0.25) is 9.59 Å². The summed E-state index contributed by atoms with van der Waals surface area (Å²) >= 11 is 0. The Morgan fingerprint density at radius 1 is 1.24 bits per heavy atom. The van der Waals surface area contributed by atoms with Crippen LogP contribution >= 0.6 is 0 Å². The van der Waals surface area contributed by atoms with E-state index in [1.165, 1.54) is 7.11 Å². The van der Waals surface area contributed by atoms with Crippen LogP contribution in [0.4, 0.5) is 0 Å². The number of carbonyl (C=O) groups is 3. The number of amides is 2. The lowest BCUT2D eigenvalue weighted by atomic mass is 9.85. The van der Waals surface area contributed by atoms with E-state index < -0.39 is 12.0 Å². The minimum atomic E-state index is -0.637. The van der Waals surface area contributed by atoms with E-state index in [4.69, 9.17) is 10.00 Å². The molecule has 1 aliphatic rings. The number of esters is 1. The van der Waals surface area contributed by atoms with Crippen LogP contribution in [-0.4, -0.2) is 37.0 Å². The quantitative estimate of drug-likeness (QED) is 0.685. The molecule has 156 valence electrons. The molecule has 0 aliphatic heterocycles. The third-order valence-electron chi connectivity index (χ3n) is 5.65. The number of nitrogens with zero attached hydrogens (tertiary/aromatic N) is 1. The molecule has 2 N–H and O–H groups in total. The zero-order chi connectivity index (χ0) is 21.4. The Kier molecular flexibility index (Phi) is 8.20. The molecule has 7 heteroatoms. The molecule has 0 bridgehead atoms. The fourth-order valence-electron chi connectivity index (χ4n) is 3.57. The van der Waals surface area contributed by atoms with Crippen molar-refractivity contribution >= 4 is 17.8 Å². The number of ether oxygens (including phenoxy) is 1. The zero-order valence-electron chi connectivity index (χ0n) is 17.2. The van der Waals surface area contributed by atoms with E-state index in [0.717, 1.165) is 6.42 Å². The number of rotatable bonds is 7. The second-order valence-electron chi connectivity index (χ2n) is 7.61. The Bertz CT molecular complexity index is 779. The van der Waals surface area contributed by atoms with Crippen molar-refractivity contribution in [3.8, 4) is 6.07 Å².